The van der Waals surface area contributed by atoms with Gasteiger partial charge in [-0.1, -0.05) is 31.4 Å². The molecule has 160 valence electrons. The molecule has 2 bridgehead atoms. The average molecular weight is 419 g/mol. The first kappa shape index (κ1) is 21.0. The monoisotopic (exact) mass is 418 g/mol. The predicted octanol–water partition coefficient (Wildman–Crippen LogP) is 4.47. The summed E-state index contributed by atoms with van der Waals surface area (Å²) in [7, 11) is 0. The largest absolute Gasteiger partial charge is 0.493 e. The number of rotatable bonds is 4. The van der Waals surface area contributed by atoms with Crippen LogP contribution in [0.3, 0.4) is 0 Å². The Morgan fingerprint density at radius 2 is 1.79 bits per heavy atom. The number of hydrogen-bond donors (Lipinski definition) is 1. The first-order valence-corrected chi connectivity index (χ1v) is 11.5. The molecule has 1 amide bonds. The Bertz CT molecular complexity index is 720. The van der Waals surface area contributed by atoms with Gasteiger partial charge in [-0.2, -0.15) is 0 Å². The van der Waals surface area contributed by atoms with Gasteiger partial charge in [0.15, 0.2) is 0 Å². The van der Waals surface area contributed by atoms with Gasteiger partial charge in [-0.3, -0.25) is 4.79 Å². The maximum atomic E-state index is 13.7. The highest BCUT2D eigenvalue weighted by atomic mass is 35.5. The summed E-state index contributed by atoms with van der Waals surface area (Å²) in [4.78, 5) is 16.0. The number of fused-ring (bicyclic) bond motifs is 3. The molecule has 4 aliphatic rings. The number of carbonyl (C=O) groups excluding carboxylic acids is 1. The minimum absolute atomic E-state index is 0. The first-order chi connectivity index (χ1) is 13.7. The Morgan fingerprint density at radius 3 is 2.52 bits per heavy atom. The van der Waals surface area contributed by atoms with Crippen LogP contribution < -0.4 is 10.5 Å². The topological polar surface area (TPSA) is 55.6 Å². The summed E-state index contributed by atoms with van der Waals surface area (Å²) >= 11 is 0. The molecule has 1 aliphatic heterocycles. The molecule has 0 saturated heterocycles. The van der Waals surface area contributed by atoms with E-state index in [1.165, 1.54) is 56.1 Å². The highest BCUT2D eigenvalue weighted by molar-refractivity contribution is 5.85. The molecule has 1 heterocycles. The summed E-state index contributed by atoms with van der Waals surface area (Å²) in [5, 5.41) is 0. The van der Waals surface area contributed by atoms with Crippen molar-refractivity contribution in [2.24, 2.45) is 23.5 Å². The molecule has 0 spiro atoms. The van der Waals surface area contributed by atoms with Gasteiger partial charge in [0, 0.05) is 31.0 Å². The van der Waals surface area contributed by atoms with Crippen LogP contribution in [0.25, 0.3) is 0 Å². The van der Waals surface area contributed by atoms with Gasteiger partial charge < -0.3 is 15.4 Å². The Labute approximate surface area is 181 Å². The molecule has 0 radical (unpaired) electrons. The third kappa shape index (κ3) is 4.16. The van der Waals surface area contributed by atoms with Crippen LogP contribution in [0, 0.1) is 17.8 Å². The van der Waals surface area contributed by atoms with Crippen LogP contribution in [0.2, 0.25) is 0 Å². The number of hydrogen-bond acceptors (Lipinski definition) is 3. The molecule has 29 heavy (non-hydrogen) atoms. The number of nitrogens with two attached hydrogens (primary N) is 1. The van der Waals surface area contributed by atoms with Gasteiger partial charge in [-0.15, -0.1) is 12.4 Å². The van der Waals surface area contributed by atoms with E-state index in [1.807, 2.05) is 0 Å². The molecule has 2 unspecified atom stereocenters. The Kier molecular flexibility index (Phi) is 6.41. The number of carbonyl (C=O) groups is 1. The molecule has 5 heteroatoms. The van der Waals surface area contributed by atoms with Crippen molar-refractivity contribution >= 4 is 18.3 Å². The van der Waals surface area contributed by atoms with Crippen LogP contribution in [-0.2, 0) is 17.8 Å². The normalized spacial score (nSPS) is 30.9. The minimum Gasteiger partial charge on any atom is -0.493 e. The zero-order valence-electron chi connectivity index (χ0n) is 17.4. The quantitative estimate of drug-likeness (QED) is 0.784. The van der Waals surface area contributed by atoms with Crippen LogP contribution in [0.15, 0.2) is 18.2 Å². The summed E-state index contributed by atoms with van der Waals surface area (Å²) in [6.07, 6.45) is 11.6. The fourth-order valence-electron chi connectivity index (χ4n) is 6.36. The molecule has 2 N–H and O–H groups in total. The zero-order valence-corrected chi connectivity index (χ0v) is 18.2. The highest BCUT2D eigenvalue weighted by Gasteiger charge is 2.42. The number of amides is 1. The summed E-state index contributed by atoms with van der Waals surface area (Å²) in [6, 6.07) is 7.27. The van der Waals surface area contributed by atoms with Crippen molar-refractivity contribution in [1.82, 2.24) is 4.90 Å². The lowest BCUT2D eigenvalue weighted by Gasteiger charge is -2.45. The van der Waals surface area contributed by atoms with E-state index in [1.54, 1.807) is 0 Å². The second-order valence-corrected chi connectivity index (χ2v) is 9.64. The Balaban J connectivity index is 0.00000205. The fourth-order valence-corrected chi connectivity index (χ4v) is 6.36. The van der Waals surface area contributed by atoms with E-state index >= 15 is 0 Å². The molecule has 2 atom stereocenters. The second kappa shape index (κ2) is 8.85. The van der Waals surface area contributed by atoms with Crippen molar-refractivity contribution in [3.63, 3.8) is 0 Å². The maximum Gasteiger partial charge on any atom is 0.226 e. The SMILES string of the molecule is Cl.NC1C2CCCC1CC(C(=O)N(Cc1ccc3c(c1)CCO3)C1CCCC1)C2. The number of benzene rings is 1. The molecule has 4 nitrogen and oxygen atoms in total. The van der Waals surface area contributed by atoms with Crippen molar-refractivity contribution in [2.45, 2.75) is 82.8 Å². The third-order valence-electron chi connectivity index (χ3n) is 7.92. The lowest BCUT2D eigenvalue weighted by Crippen LogP contribution is -2.50. The van der Waals surface area contributed by atoms with Crippen molar-refractivity contribution < 1.29 is 9.53 Å². The fraction of sp³-hybridized carbons (Fsp3) is 0.708. The predicted molar refractivity (Wildman–Crippen MR) is 117 cm³/mol. The molecule has 5 rings (SSSR count). The standard InChI is InChI=1S/C24H34N2O2.ClH/c25-23-18-4-3-5-19(23)14-20(13-18)24(27)26(21-6-1-2-7-21)15-16-8-9-22-17(12-16)10-11-28-22;/h8-9,12,18-21,23H,1-7,10-11,13-15,25H2;1H. The Hall–Kier alpha value is -1.26. The van der Waals surface area contributed by atoms with Gasteiger partial charge in [0.25, 0.3) is 0 Å². The number of halogens is 1. The molecule has 3 fully saturated rings. The molecule has 0 aromatic heterocycles. The van der Waals surface area contributed by atoms with E-state index in [4.69, 9.17) is 10.5 Å². The van der Waals surface area contributed by atoms with E-state index in [9.17, 15) is 4.79 Å². The smallest absolute Gasteiger partial charge is 0.226 e. The Morgan fingerprint density at radius 1 is 1.07 bits per heavy atom. The summed E-state index contributed by atoms with van der Waals surface area (Å²) < 4.78 is 5.66. The van der Waals surface area contributed by atoms with Gasteiger partial charge in [0.1, 0.15) is 5.75 Å². The molecule has 1 aromatic carbocycles. The van der Waals surface area contributed by atoms with E-state index in [0.717, 1.165) is 38.2 Å². The van der Waals surface area contributed by atoms with E-state index in [2.05, 4.69) is 23.1 Å². The van der Waals surface area contributed by atoms with Gasteiger partial charge in [0.2, 0.25) is 5.91 Å². The van der Waals surface area contributed by atoms with Crippen molar-refractivity contribution in [3.05, 3.63) is 29.3 Å². The third-order valence-corrected chi connectivity index (χ3v) is 7.92. The van der Waals surface area contributed by atoms with Crippen molar-refractivity contribution in [1.29, 1.82) is 0 Å². The molecular formula is C24H35ClN2O2. The van der Waals surface area contributed by atoms with Crippen LogP contribution in [0.1, 0.15) is 68.9 Å². The van der Waals surface area contributed by atoms with Crippen molar-refractivity contribution in [3.8, 4) is 5.75 Å². The van der Waals surface area contributed by atoms with Gasteiger partial charge in [-0.25, -0.2) is 0 Å². The lowest BCUT2D eigenvalue weighted by molar-refractivity contribution is -0.141. The number of ether oxygens (including phenoxy) is 1. The van der Waals surface area contributed by atoms with Crippen LogP contribution >= 0.6 is 12.4 Å². The second-order valence-electron chi connectivity index (χ2n) is 9.64. The summed E-state index contributed by atoms with van der Waals surface area (Å²) in [5.41, 5.74) is 9.05. The first-order valence-electron chi connectivity index (χ1n) is 11.5. The summed E-state index contributed by atoms with van der Waals surface area (Å²) in [6.45, 7) is 1.55. The van der Waals surface area contributed by atoms with Crippen LogP contribution in [0.5, 0.6) is 5.75 Å². The lowest BCUT2D eigenvalue weighted by atomic mass is 9.65. The van der Waals surface area contributed by atoms with E-state index in [-0.39, 0.29) is 18.3 Å². The number of nitrogens with zero attached hydrogens (tertiary/aromatic N) is 1. The average Bonchev–Trinajstić information content (AvgIpc) is 3.37. The maximum absolute atomic E-state index is 13.7. The van der Waals surface area contributed by atoms with Crippen LogP contribution in [0.4, 0.5) is 0 Å². The van der Waals surface area contributed by atoms with Crippen LogP contribution in [-0.4, -0.2) is 29.5 Å². The summed E-state index contributed by atoms with van der Waals surface area (Å²) in [5.74, 6) is 2.74. The van der Waals surface area contributed by atoms with E-state index < -0.39 is 0 Å². The molecule has 1 aromatic rings. The van der Waals surface area contributed by atoms with Gasteiger partial charge in [-0.05, 0) is 67.6 Å². The molecule has 3 aliphatic carbocycles. The molecular weight excluding hydrogens is 384 g/mol. The van der Waals surface area contributed by atoms with Gasteiger partial charge in [0.05, 0.1) is 6.61 Å². The van der Waals surface area contributed by atoms with Crippen molar-refractivity contribution in [2.75, 3.05) is 6.61 Å². The molecule has 3 saturated carbocycles. The highest BCUT2D eigenvalue weighted by Crippen LogP contribution is 2.43. The minimum atomic E-state index is 0. The zero-order chi connectivity index (χ0) is 19.1. The van der Waals surface area contributed by atoms with Gasteiger partial charge >= 0.3 is 0 Å². The van der Waals surface area contributed by atoms with E-state index in [0.29, 0.717) is 29.8 Å².